The molecule has 0 saturated carbocycles. The first-order valence-electron chi connectivity index (χ1n) is 12.7. The van der Waals surface area contributed by atoms with Crippen LogP contribution in [0.25, 0.3) is 11.1 Å². The van der Waals surface area contributed by atoms with Crippen molar-refractivity contribution in [3.63, 3.8) is 0 Å². The Morgan fingerprint density at radius 2 is 1.84 bits per heavy atom. The van der Waals surface area contributed by atoms with Crippen molar-refractivity contribution in [3.8, 4) is 22.6 Å². The number of rotatable bonds is 8. The molecule has 6 heteroatoms. The van der Waals surface area contributed by atoms with Crippen molar-refractivity contribution < 1.29 is 28.5 Å². The normalized spacial score (nSPS) is 18.5. The molecule has 5 rings (SSSR count). The minimum absolute atomic E-state index is 0.0372. The maximum absolute atomic E-state index is 12.5. The van der Waals surface area contributed by atoms with E-state index in [1.54, 1.807) is 6.07 Å². The summed E-state index contributed by atoms with van der Waals surface area (Å²) in [6.07, 6.45) is 1.59. The van der Waals surface area contributed by atoms with E-state index in [9.17, 15) is 9.59 Å². The zero-order valence-electron chi connectivity index (χ0n) is 21.5. The molecule has 37 heavy (non-hydrogen) atoms. The smallest absolute Gasteiger partial charge is 0.306 e. The largest absolute Gasteiger partial charge is 0.489 e. The van der Waals surface area contributed by atoms with Crippen LogP contribution in [0.1, 0.15) is 57.8 Å². The van der Waals surface area contributed by atoms with Gasteiger partial charge in [-0.25, -0.2) is 0 Å². The van der Waals surface area contributed by atoms with E-state index in [-0.39, 0.29) is 30.2 Å². The number of Topliss-reactive ketones (excluding diaryl/α,β-unsaturated/α-hetero) is 1. The summed E-state index contributed by atoms with van der Waals surface area (Å²) in [5.74, 6) is 1.13. The van der Waals surface area contributed by atoms with Gasteiger partial charge in [0.1, 0.15) is 24.2 Å². The van der Waals surface area contributed by atoms with E-state index in [2.05, 4.69) is 38.1 Å². The zero-order chi connectivity index (χ0) is 25.9. The molecule has 2 atom stereocenters. The van der Waals surface area contributed by atoms with Gasteiger partial charge in [-0.1, -0.05) is 24.3 Å². The summed E-state index contributed by atoms with van der Waals surface area (Å²) in [5.41, 5.74) is 7.20. The van der Waals surface area contributed by atoms with E-state index in [4.69, 9.17) is 18.9 Å². The molecule has 1 unspecified atom stereocenters. The van der Waals surface area contributed by atoms with Crippen LogP contribution in [0.3, 0.4) is 0 Å². The molecule has 192 valence electrons. The second-order valence-corrected chi connectivity index (χ2v) is 9.88. The molecule has 0 amide bonds. The van der Waals surface area contributed by atoms with Crippen molar-refractivity contribution in [3.05, 3.63) is 82.4 Å². The molecule has 6 nitrogen and oxygen atoms in total. The average Bonchev–Trinajstić information content (AvgIpc) is 3.50. The average molecular weight is 501 g/mol. The summed E-state index contributed by atoms with van der Waals surface area (Å²) in [4.78, 5) is 24.2. The monoisotopic (exact) mass is 500 g/mol. The van der Waals surface area contributed by atoms with Gasteiger partial charge in [-0.15, -0.1) is 0 Å². The van der Waals surface area contributed by atoms with Crippen molar-refractivity contribution in [2.45, 2.75) is 51.7 Å². The molecular weight excluding hydrogens is 468 g/mol. The van der Waals surface area contributed by atoms with Gasteiger partial charge in [0.2, 0.25) is 0 Å². The Morgan fingerprint density at radius 1 is 1.03 bits per heavy atom. The summed E-state index contributed by atoms with van der Waals surface area (Å²) >= 11 is 0. The van der Waals surface area contributed by atoms with E-state index in [0.717, 1.165) is 46.6 Å². The Labute approximate surface area is 217 Å². The molecule has 1 aliphatic carbocycles. The molecule has 3 aromatic rings. The number of hydrogen-bond donors (Lipinski definition) is 0. The van der Waals surface area contributed by atoms with Crippen LogP contribution in [-0.2, 0) is 20.9 Å². The van der Waals surface area contributed by atoms with Crippen molar-refractivity contribution in [2.75, 3.05) is 20.3 Å². The molecule has 1 aliphatic heterocycles. The molecule has 2 aliphatic rings. The van der Waals surface area contributed by atoms with Crippen LogP contribution in [-0.4, -0.2) is 38.2 Å². The predicted molar refractivity (Wildman–Crippen MR) is 140 cm³/mol. The summed E-state index contributed by atoms with van der Waals surface area (Å²) in [5, 5.41) is 0. The fourth-order valence-electron chi connectivity index (χ4n) is 5.36. The lowest BCUT2D eigenvalue weighted by Crippen LogP contribution is -2.15. The van der Waals surface area contributed by atoms with Crippen LogP contribution in [0.5, 0.6) is 11.5 Å². The highest BCUT2D eigenvalue weighted by atomic mass is 16.5. The number of benzene rings is 3. The Hall–Kier alpha value is -3.64. The van der Waals surface area contributed by atoms with Crippen LogP contribution in [0, 0.1) is 13.8 Å². The van der Waals surface area contributed by atoms with Crippen LogP contribution in [0.2, 0.25) is 0 Å². The fourth-order valence-corrected chi connectivity index (χ4v) is 5.36. The van der Waals surface area contributed by atoms with Crippen LogP contribution in [0.15, 0.2) is 54.6 Å². The number of fused-ring (bicyclic) bond motifs is 1. The molecule has 0 aromatic heterocycles. The van der Waals surface area contributed by atoms with Crippen LogP contribution >= 0.6 is 0 Å². The van der Waals surface area contributed by atoms with Gasteiger partial charge < -0.3 is 18.9 Å². The van der Waals surface area contributed by atoms with Gasteiger partial charge in [-0.3, -0.25) is 9.59 Å². The maximum atomic E-state index is 12.5. The SMILES string of the molecule is COC(=O)CC1CC(=O)c2cc(OCc3cccc(-c4c(C)cc(O[C@@H]5CCOC5)cc4C)c3)ccc21. The third-order valence-electron chi connectivity index (χ3n) is 7.16. The molecular formula is C31H32O6. The van der Waals surface area contributed by atoms with E-state index < -0.39 is 0 Å². The number of ether oxygens (including phenoxy) is 4. The molecule has 0 radical (unpaired) electrons. The lowest BCUT2D eigenvalue weighted by atomic mass is 9.94. The number of esters is 1. The molecule has 1 fully saturated rings. The summed E-state index contributed by atoms with van der Waals surface area (Å²) < 4.78 is 22.4. The summed E-state index contributed by atoms with van der Waals surface area (Å²) in [6, 6.07) is 18.1. The molecule has 1 saturated heterocycles. The zero-order valence-corrected chi connectivity index (χ0v) is 21.5. The Kier molecular flexibility index (Phi) is 7.28. The Balaban J connectivity index is 1.29. The Morgan fingerprint density at radius 3 is 2.57 bits per heavy atom. The molecule has 0 bridgehead atoms. The second-order valence-electron chi connectivity index (χ2n) is 9.88. The predicted octanol–water partition coefficient (Wildman–Crippen LogP) is 5.95. The first-order chi connectivity index (χ1) is 17.9. The van der Waals surface area contributed by atoms with Crippen molar-refractivity contribution in [2.24, 2.45) is 0 Å². The third kappa shape index (κ3) is 5.54. The molecule has 3 aromatic carbocycles. The molecule has 0 spiro atoms. The number of hydrogen-bond acceptors (Lipinski definition) is 6. The van der Waals surface area contributed by atoms with Crippen molar-refractivity contribution in [1.29, 1.82) is 0 Å². The summed E-state index contributed by atoms with van der Waals surface area (Å²) in [6.45, 7) is 6.01. The van der Waals surface area contributed by atoms with E-state index in [1.165, 1.54) is 12.7 Å². The van der Waals surface area contributed by atoms with Gasteiger partial charge in [0, 0.05) is 24.3 Å². The topological polar surface area (TPSA) is 71.1 Å². The van der Waals surface area contributed by atoms with Crippen LogP contribution in [0.4, 0.5) is 0 Å². The fraction of sp³-hybridized carbons (Fsp3) is 0.355. The minimum Gasteiger partial charge on any atom is -0.489 e. The van der Waals surface area contributed by atoms with E-state index >= 15 is 0 Å². The van der Waals surface area contributed by atoms with Gasteiger partial charge in [-0.05, 0) is 77.6 Å². The Bertz CT molecular complexity index is 1300. The molecule has 0 N–H and O–H groups in total. The van der Waals surface area contributed by atoms with E-state index in [0.29, 0.717) is 30.9 Å². The van der Waals surface area contributed by atoms with Crippen LogP contribution < -0.4 is 9.47 Å². The highest BCUT2D eigenvalue weighted by Gasteiger charge is 2.31. The first-order valence-corrected chi connectivity index (χ1v) is 12.7. The van der Waals surface area contributed by atoms with Gasteiger partial charge in [0.25, 0.3) is 0 Å². The number of carbonyl (C=O) groups is 2. The first kappa shape index (κ1) is 25.0. The van der Waals surface area contributed by atoms with Gasteiger partial charge >= 0.3 is 5.97 Å². The summed E-state index contributed by atoms with van der Waals surface area (Å²) in [7, 11) is 1.37. The number of carbonyl (C=O) groups excluding carboxylic acids is 2. The van der Waals surface area contributed by atoms with E-state index in [1.807, 2.05) is 24.3 Å². The highest BCUT2D eigenvalue weighted by Crippen LogP contribution is 2.38. The number of methoxy groups -OCH3 is 1. The van der Waals surface area contributed by atoms with Crippen molar-refractivity contribution >= 4 is 11.8 Å². The number of ketones is 1. The maximum Gasteiger partial charge on any atom is 0.306 e. The minimum atomic E-state index is -0.304. The third-order valence-corrected chi connectivity index (χ3v) is 7.16. The second kappa shape index (κ2) is 10.8. The number of aryl methyl sites for hydroxylation is 2. The van der Waals surface area contributed by atoms with Gasteiger partial charge in [0.05, 0.1) is 26.7 Å². The lowest BCUT2D eigenvalue weighted by Gasteiger charge is -2.17. The standard InChI is InChI=1S/C31H32O6/c1-19-11-26(37-25-9-10-35-18-25)12-20(2)31(19)22-6-4-5-21(13-22)17-36-24-7-8-27-23(15-30(33)34-3)14-29(32)28(27)16-24/h4-8,11-13,16,23,25H,9-10,14-15,17-18H2,1-3H3/t23?,25-/m1/s1. The quantitative estimate of drug-likeness (QED) is 0.356. The van der Waals surface area contributed by atoms with Gasteiger partial charge in [-0.2, -0.15) is 0 Å². The molecule has 1 heterocycles. The van der Waals surface area contributed by atoms with Crippen molar-refractivity contribution in [1.82, 2.24) is 0 Å². The highest BCUT2D eigenvalue weighted by molar-refractivity contribution is 6.02. The lowest BCUT2D eigenvalue weighted by molar-refractivity contribution is -0.141. The van der Waals surface area contributed by atoms with Gasteiger partial charge in [0.15, 0.2) is 5.78 Å².